The van der Waals surface area contributed by atoms with Gasteiger partial charge < -0.3 is 19.5 Å². The first-order valence-corrected chi connectivity index (χ1v) is 10.2. The second-order valence-electron chi connectivity index (χ2n) is 7.51. The number of likely N-dealkylation sites (N-methyl/N-ethyl adjacent to an activating group) is 1. The standard InChI is InChI=1S/C22H23N5O3S/c1-13-11-16(21-20(24-22(31)25(21)3)17-7-5-6-10-23-17)14(2)26(13)18-9-8-15(30-4)12-19(18)27(28)29/h5-12,20-21H,1-4H3,(H,24,31). The number of pyridine rings is 1. The number of rotatable bonds is 5. The van der Waals surface area contributed by atoms with E-state index < -0.39 is 0 Å². The molecule has 2 atom stereocenters. The molecule has 0 saturated carbocycles. The van der Waals surface area contributed by atoms with Gasteiger partial charge in [0.2, 0.25) is 0 Å². The fraction of sp³-hybridized carbons (Fsp3) is 0.273. The fourth-order valence-corrected chi connectivity index (χ4v) is 4.51. The summed E-state index contributed by atoms with van der Waals surface area (Å²) in [5.41, 5.74) is 4.22. The maximum absolute atomic E-state index is 11.8. The van der Waals surface area contributed by atoms with Crippen molar-refractivity contribution in [3.8, 4) is 11.4 Å². The van der Waals surface area contributed by atoms with Crippen molar-refractivity contribution in [3.63, 3.8) is 0 Å². The molecule has 1 saturated heterocycles. The van der Waals surface area contributed by atoms with Crippen molar-refractivity contribution in [1.82, 2.24) is 19.8 Å². The Labute approximate surface area is 185 Å². The zero-order chi connectivity index (χ0) is 22.3. The summed E-state index contributed by atoms with van der Waals surface area (Å²) in [4.78, 5) is 17.9. The van der Waals surface area contributed by atoms with E-state index in [1.807, 2.05) is 48.6 Å². The third kappa shape index (κ3) is 3.50. The SMILES string of the molecule is COc1ccc(-n2c(C)cc(C3C(c4ccccn4)NC(=S)N3C)c2C)c([N+](=O)[O-])c1. The number of aryl methyl sites for hydroxylation is 1. The predicted molar refractivity (Wildman–Crippen MR) is 122 cm³/mol. The van der Waals surface area contributed by atoms with Crippen LogP contribution in [0.25, 0.3) is 5.69 Å². The highest BCUT2D eigenvalue weighted by Crippen LogP contribution is 2.41. The summed E-state index contributed by atoms with van der Waals surface area (Å²) in [7, 11) is 3.44. The zero-order valence-electron chi connectivity index (χ0n) is 17.7. The summed E-state index contributed by atoms with van der Waals surface area (Å²) >= 11 is 5.53. The Hall–Kier alpha value is -3.46. The monoisotopic (exact) mass is 437 g/mol. The van der Waals surface area contributed by atoms with E-state index in [1.54, 1.807) is 18.3 Å². The van der Waals surface area contributed by atoms with Crippen molar-refractivity contribution in [2.24, 2.45) is 0 Å². The van der Waals surface area contributed by atoms with E-state index in [2.05, 4.69) is 16.4 Å². The molecular weight excluding hydrogens is 414 g/mol. The smallest absolute Gasteiger partial charge is 0.296 e. The quantitative estimate of drug-likeness (QED) is 0.367. The third-order valence-electron chi connectivity index (χ3n) is 5.75. The van der Waals surface area contributed by atoms with Gasteiger partial charge in [0.1, 0.15) is 11.4 Å². The maximum Gasteiger partial charge on any atom is 0.296 e. The normalized spacial score (nSPS) is 18.2. The number of benzene rings is 1. The number of nitro benzene ring substituents is 1. The molecule has 1 aliphatic heterocycles. The molecule has 0 amide bonds. The van der Waals surface area contributed by atoms with Crippen molar-refractivity contribution < 1.29 is 9.66 Å². The first kappa shape index (κ1) is 20.8. The van der Waals surface area contributed by atoms with Gasteiger partial charge in [-0.1, -0.05) is 6.07 Å². The van der Waals surface area contributed by atoms with Gasteiger partial charge in [0, 0.05) is 24.6 Å². The van der Waals surface area contributed by atoms with Crippen molar-refractivity contribution >= 4 is 23.0 Å². The van der Waals surface area contributed by atoms with E-state index in [9.17, 15) is 10.1 Å². The molecule has 0 radical (unpaired) electrons. The first-order valence-electron chi connectivity index (χ1n) is 9.79. The molecule has 2 aromatic heterocycles. The number of thiocarbonyl (C=S) groups is 1. The zero-order valence-corrected chi connectivity index (χ0v) is 18.5. The van der Waals surface area contributed by atoms with Gasteiger partial charge in [-0.3, -0.25) is 15.1 Å². The molecular formula is C22H23N5O3S. The second-order valence-corrected chi connectivity index (χ2v) is 7.90. The number of methoxy groups -OCH3 is 1. The number of ether oxygens (including phenoxy) is 1. The van der Waals surface area contributed by atoms with Crippen LogP contribution in [0.1, 0.15) is 34.7 Å². The van der Waals surface area contributed by atoms with E-state index in [0.717, 1.165) is 22.6 Å². The average molecular weight is 438 g/mol. The van der Waals surface area contributed by atoms with Crippen LogP contribution in [0.15, 0.2) is 48.7 Å². The van der Waals surface area contributed by atoms with Crippen LogP contribution in [0.2, 0.25) is 0 Å². The first-order chi connectivity index (χ1) is 14.8. The fourth-order valence-electron chi connectivity index (χ4n) is 4.27. The lowest BCUT2D eigenvalue weighted by molar-refractivity contribution is -0.384. The highest BCUT2D eigenvalue weighted by Gasteiger charge is 2.39. The Morgan fingerprint density at radius 1 is 1.23 bits per heavy atom. The van der Waals surface area contributed by atoms with Gasteiger partial charge in [-0.25, -0.2) is 0 Å². The minimum absolute atomic E-state index is 0.0117. The number of hydrogen-bond acceptors (Lipinski definition) is 5. The number of nitro groups is 1. The lowest BCUT2D eigenvalue weighted by atomic mass is 9.97. The average Bonchev–Trinajstić information content (AvgIpc) is 3.22. The summed E-state index contributed by atoms with van der Waals surface area (Å²) in [5.74, 6) is 0.443. The summed E-state index contributed by atoms with van der Waals surface area (Å²) in [6.45, 7) is 3.92. The van der Waals surface area contributed by atoms with Crippen LogP contribution in [0.5, 0.6) is 5.75 Å². The topological polar surface area (TPSA) is 85.5 Å². The molecule has 1 N–H and O–H groups in total. The molecule has 8 nitrogen and oxygen atoms in total. The van der Waals surface area contributed by atoms with Crippen molar-refractivity contribution in [2.75, 3.05) is 14.2 Å². The summed E-state index contributed by atoms with van der Waals surface area (Å²) < 4.78 is 7.10. The minimum Gasteiger partial charge on any atom is -0.496 e. The molecule has 9 heteroatoms. The van der Waals surface area contributed by atoms with Crippen LogP contribution >= 0.6 is 12.2 Å². The van der Waals surface area contributed by atoms with Gasteiger partial charge in [-0.05, 0) is 62.0 Å². The molecule has 1 aliphatic rings. The lowest BCUT2D eigenvalue weighted by Gasteiger charge is -2.24. The molecule has 1 fully saturated rings. The molecule has 4 rings (SSSR count). The number of nitrogens with zero attached hydrogens (tertiary/aromatic N) is 4. The minimum atomic E-state index is -0.383. The van der Waals surface area contributed by atoms with E-state index in [4.69, 9.17) is 17.0 Å². The molecule has 3 aromatic rings. The highest BCUT2D eigenvalue weighted by atomic mass is 32.1. The van der Waals surface area contributed by atoms with Gasteiger partial charge in [0.15, 0.2) is 5.11 Å². The van der Waals surface area contributed by atoms with Crippen LogP contribution in [0.4, 0.5) is 5.69 Å². The van der Waals surface area contributed by atoms with Gasteiger partial charge >= 0.3 is 0 Å². The lowest BCUT2D eigenvalue weighted by Crippen LogP contribution is -2.25. The third-order valence-corrected chi connectivity index (χ3v) is 6.15. The Morgan fingerprint density at radius 2 is 2.00 bits per heavy atom. The molecule has 0 bridgehead atoms. The van der Waals surface area contributed by atoms with Crippen LogP contribution in [-0.4, -0.2) is 38.6 Å². The Morgan fingerprint density at radius 3 is 2.65 bits per heavy atom. The van der Waals surface area contributed by atoms with Gasteiger partial charge in [-0.15, -0.1) is 0 Å². The molecule has 160 valence electrons. The molecule has 1 aromatic carbocycles. The van der Waals surface area contributed by atoms with Gasteiger partial charge in [-0.2, -0.15) is 0 Å². The summed E-state index contributed by atoms with van der Waals surface area (Å²) in [6.07, 6.45) is 1.76. The number of aromatic nitrogens is 2. The summed E-state index contributed by atoms with van der Waals surface area (Å²) in [5, 5.41) is 15.8. The number of nitrogens with one attached hydrogen (secondary N) is 1. The van der Waals surface area contributed by atoms with Crippen molar-refractivity contribution in [1.29, 1.82) is 0 Å². The molecule has 0 spiro atoms. The summed E-state index contributed by atoms with van der Waals surface area (Å²) in [6, 6.07) is 12.5. The van der Waals surface area contributed by atoms with Crippen LogP contribution in [0, 0.1) is 24.0 Å². The van der Waals surface area contributed by atoms with Crippen LogP contribution in [0.3, 0.4) is 0 Å². The van der Waals surface area contributed by atoms with E-state index >= 15 is 0 Å². The predicted octanol–water partition coefficient (Wildman–Crippen LogP) is 4.01. The molecule has 2 unspecified atom stereocenters. The van der Waals surface area contributed by atoms with E-state index in [1.165, 1.54) is 13.2 Å². The van der Waals surface area contributed by atoms with Crippen LogP contribution in [-0.2, 0) is 0 Å². The van der Waals surface area contributed by atoms with E-state index in [-0.39, 0.29) is 22.7 Å². The second kappa shape index (κ2) is 7.99. The van der Waals surface area contributed by atoms with E-state index in [0.29, 0.717) is 16.5 Å². The Balaban J connectivity index is 1.85. The molecule has 3 heterocycles. The van der Waals surface area contributed by atoms with Crippen molar-refractivity contribution in [3.05, 3.63) is 81.4 Å². The largest absolute Gasteiger partial charge is 0.496 e. The highest BCUT2D eigenvalue weighted by molar-refractivity contribution is 7.80. The van der Waals surface area contributed by atoms with Gasteiger partial charge in [0.05, 0.1) is 35.9 Å². The number of hydrogen-bond donors (Lipinski definition) is 1. The van der Waals surface area contributed by atoms with Crippen molar-refractivity contribution in [2.45, 2.75) is 25.9 Å². The van der Waals surface area contributed by atoms with Gasteiger partial charge in [0.25, 0.3) is 5.69 Å². The molecule has 0 aliphatic carbocycles. The molecule has 31 heavy (non-hydrogen) atoms. The van der Waals surface area contributed by atoms with Crippen LogP contribution < -0.4 is 10.1 Å². The maximum atomic E-state index is 11.8. The Kier molecular flexibility index (Phi) is 5.36. The Bertz CT molecular complexity index is 1160.